The third-order valence-corrected chi connectivity index (χ3v) is 7.07. The Bertz CT molecular complexity index is 1130. The van der Waals surface area contributed by atoms with Crippen LogP contribution in [0.25, 0.3) is 0 Å². The van der Waals surface area contributed by atoms with E-state index in [9.17, 15) is 8.42 Å². The number of sulfonamides is 1. The molecule has 0 radical (unpaired) electrons. The smallest absolute Gasteiger partial charge is 0.218 e. The lowest BCUT2D eigenvalue weighted by atomic mass is 10.2. The summed E-state index contributed by atoms with van der Waals surface area (Å²) >= 11 is 0. The number of rotatable bonds is 6. The van der Waals surface area contributed by atoms with Gasteiger partial charge in [0.15, 0.2) is 11.6 Å². The zero-order chi connectivity index (χ0) is 21.8. The predicted molar refractivity (Wildman–Crippen MR) is 122 cm³/mol. The summed E-state index contributed by atoms with van der Waals surface area (Å²) in [6, 6.07) is 17.1. The van der Waals surface area contributed by atoms with Gasteiger partial charge in [0.25, 0.3) is 0 Å². The Kier molecular flexibility index (Phi) is 6.15. The first-order chi connectivity index (χ1) is 14.9. The number of nitrogens with zero attached hydrogens (tertiary/aromatic N) is 5. The molecule has 31 heavy (non-hydrogen) atoms. The molecule has 0 bridgehead atoms. The van der Waals surface area contributed by atoms with Crippen LogP contribution >= 0.6 is 0 Å². The number of aryl methyl sites for hydroxylation is 2. The molecule has 0 spiro atoms. The highest BCUT2D eigenvalue weighted by Gasteiger charge is 2.27. The van der Waals surface area contributed by atoms with Crippen LogP contribution in [-0.4, -0.2) is 54.1 Å². The van der Waals surface area contributed by atoms with Crippen molar-refractivity contribution in [3.63, 3.8) is 0 Å². The molecule has 0 atom stereocenters. The van der Waals surface area contributed by atoms with Gasteiger partial charge in [-0.2, -0.15) is 4.31 Å². The second kappa shape index (κ2) is 8.99. The number of aromatic nitrogens is 3. The molecule has 1 N–H and O–H groups in total. The van der Waals surface area contributed by atoms with Crippen molar-refractivity contribution in [2.75, 3.05) is 36.4 Å². The van der Waals surface area contributed by atoms with E-state index < -0.39 is 10.0 Å². The third-order valence-electron chi connectivity index (χ3n) is 5.22. The first-order valence-corrected chi connectivity index (χ1v) is 11.8. The van der Waals surface area contributed by atoms with Crippen molar-refractivity contribution in [3.8, 4) is 0 Å². The first-order valence-electron chi connectivity index (χ1n) is 10.2. The number of piperazine rings is 1. The summed E-state index contributed by atoms with van der Waals surface area (Å²) in [5.41, 5.74) is 2.85. The van der Waals surface area contributed by atoms with E-state index in [2.05, 4.69) is 25.4 Å². The summed E-state index contributed by atoms with van der Waals surface area (Å²) in [4.78, 5) is 6.45. The van der Waals surface area contributed by atoms with Gasteiger partial charge in [-0.25, -0.2) is 13.4 Å². The lowest BCUT2D eigenvalue weighted by Crippen LogP contribution is -2.49. The fraction of sp³-hybridized carbons (Fsp3) is 0.318. The molecule has 1 aromatic carbocycles. The van der Waals surface area contributed by atoms with Crippen molar-refractivity contribution < 1.29 is 8.42 Å². The van der Waals surface area contributed by atoms with Crippen molar-refractivity contribution in [1.29, 1.82) is 0 Å². The van der Waals surface area contributed by atoms with E-state index in [4.69, 9.17) is 0 Å². The van der Waals surface area contributed by atoms with Crippen molar-refractivity contribution in [2.24, 2.45) is 0 Å². The standard InChI is InChI=1S/C22H26N6O2S/c1-17-6-8-19(9-7-17)16-31(29,30)28-14-12-27(13-15-28)22-11-10-21(25-26-22)24-20-5-3-4-18(2)23-20/h3-11H,12-16H2,1-2H3,(H,23,24,25). The van der Waals surface area contributed by atoms with Crippen LogP contribution in [0.2, 0.25) is 0 Å². The fourth-order valence-corrected chi connectivity index (χ4v) is 5.00. The second-order valence-electron chi connectivity index (χ2n) is 7.69. The largest absolute Gasteiger partial charge is 0.352 e. The van der Waals surface area contributed by atoms with Gasteiger partial charge >= 0.3 is 0 Å². The second-order valence-corrected chi connectivity index (χ2v) is 9.66. The van der Waals surface area contributed by atoms with Crippen LogP contribution < -0.4 is 10.2 Å². The van der Waals surface area contributed by atoms with Gasteiger partial charge in [-0.15, -0.1) is 10.2 Å². The molecule has 0 saturated carbocycles. The number of pyridine rings is 1. The summed E-state index contributed by atoms with van der Waals surface area (Å²) in [5.74, 6) is 2.09. The third kappa shape index (κ3) is 5.36. The van der Waals surface area contributed by atoms with Gasteiger partial charge in [-0.3, -0.25) is 0 Å². The van der Waals surface area contributed by atoms with Crippen LogP contribution in [0.4, 0.5) is 17.5 Å². The highest BCUT2D eigenvalue weighted by Crippen LogP contribution is 2.19. The maximum atomic E-state index is 12.8. The van der Waals surface area contributed by atoms with E-state index >= 15 is 0 Å². The lowest BCUT2D eigenvalue weighted by molar-refractivity contribution is 0.383. The monoisotopic (exact) mass is 438 g/mol. The number of benzene rings is 1. The van der Waals surface area contributed by atoms with Crippen LogP contribution in [0.5, 0.6) is 0 Å². The Morgan fingerprint density at radius 3 is 2.26 bits per heavy atom. The summed E-state index contributed by atoms with van der Waals surface area (Å²) in [7, 11) is -3.35. The molecule has 2 aromatic heterocycles. The SMILES string of the molecule is Cc1ccc(CS(=O)(=O)N2CCN(c3ccc(Nc4cccc(C)n4)nn3)CC2)cc1. The molecule has 0 unspecified atom stereocenters. The van der Waals surface area contributed by atoms with Crippen LogP contribution in [0.15, 0.2) is 54.6 Å². The van der Waals surface area contributed by atoms with Crippen LogP contribution in [0.3, 0.4) is 0 Å². The average Bonchev–Trinajstić information content (AvgIpc) is 2.76. The molecule has 3 aromatic rings. The Balaban J connectivity index is 1.34. The van der Waals surface area contributed by atoms with Gasteiger partial charge in [0, 0.05) is 31.9 Å². The van der Waals surface area contributed by atoms with Gasteiger partial charge in [0.05, 0.1) is 5.75 Å². The zero-order valence-corrected chi connectivity index (χ0v) is 18.5. The molecule has 162 valence electrons. The number of hydrogen-bond acceptors (Lipinski definition) is 7. The van der Waals surface area contributed by atoms with Gasteiger partial charge in [-0.05, 0) is 43.7 Å². The van der Waals surface area contributed by atoms with Crippen LogP contribution in [-0.2, 0) is 15.8 Å². The molecule has 1 aliphatic rings. The van der Waals surface area contributed by atoms with Gasteiger partial charge < -0.3 is 10.2 Å². The van der Waals surface area contributed by atoms with Gasteiger partial charge in [-0.1, -0.05) is 35.9 Å². The van der Waals surface area contributed by atoms with Gasteiger partial charge in [0.1, 0.15) is 5.82 Å². The molecule has 0 amide bonds. The van der Waals surface area contributed by atoms with Crippen molar-refractivity contribution >= 4 is 27.5 Å². The topological polar surface area (TPSA) is 91.3 Å². The number of nitrogens with one attached hydrogen (secondary N) is 1. The maximum absolute atomic E-state index is 12.8. The molecule has 9 heteroatoms. The van der Waals surface area contributed by atoms with E-state index in [1.54, 1.807) is 4.31 Å². The first kappa shape index (κ1) is 21.2. The number of anilines is 3. The van der Waals surface area contributed by atoms with Crippen LogP contribution in [0, 0.1) is 13.8 Å². The summed E-state index contributed by atoms with van der Waals surface area (Å²) < 4.78 is 27.1. The minimum absolute atomic E-state index is 0.0282. The van der Waals surface area contributed by atoms with Gasteiger partial charge in [0.2, 0.25) is 10.0 Å². The summed E-state index contributed by atoms with van der Waals surface area (Å²) in [6.07, 6.45) is 0. The van der Waals surface area contributed by atoms with Crippen molar-refractivity contribution in [3.05, 3.63) is 71.4 Å². The molecular formula is C22H26N6O2S. The summed E-state index contributed by atoms with van der Waals surface area (Å²) in [6.45, 7) is 5.94. The van der Waals surface area contributed by atoms with Crippen LogP contribution in [0.1, 0.15) is 16.8 Å². The highest BCUT2D eigenvalue weighted by atomic mass is 32.2. The van der Waals surface area contributed by atoms with Crippen molar-refractivity contribution in [2.45, 2.75) is 19.6 Å². The Morgan fingerprint density at radius 1 is 0.871 bits per heavy atom. The zero-order valence-electron chi connectivity index (χ0n) is 17.7. The molecule has 0 aliphatic carbocycles. The average molecular weight is 439 g/mol. The molecule has 8 nitrogen and oxygen atoms in total. The molecule has 1 fully saturated rings. The lowest BCUT2D eigenvalue weighted by Gasteiger charge is -2.34. The molecule has 1 aliphatic heterocycles. The quantitative estimate of drug-likeness (QED) is 0.633. The minimum atomic E-state index is -3.35. The molecule has 1 saturated heterocycles. The molecule has 4 rings (SSSR count). The Hall–Kier alpha value is -3.04. The van der Waals surface area contributed by atoms with Crippen molar-refractivity contribution in [1.82, 2.24) is 19.5 Å². The Morgan fingerprint density at radius 2 is 1.61 bits per heavy atom. The Labute approximate surface area is 183 Å². The van der Waals surface area contributed by atoms with E-state index in [1.807, 2.05) is 68.4 Å². The minimum Gasteiger partial charge on any atom is -0.352 e. The van der Waals surface area contributed by atoms with E-state index in [-0.39, 0.29) is 5.75 Å². The van der Waals surface area contributed by atoms with E-state index in [1.165, 1.54) is 0 Å². The normalized spacial score (nSPS) is 15.1. The number of hydrogen-bond donors (Lipinski definition) is 1. The van der Waals surface area contributed by atoms with E-state index in [0.29, 0.717) is 32.0 Å². The van der Waals surface area contributed by atoms with E-state index in [0.717, 1.165) is 28.5 Å². The summed E-state index contributed by atoms with van der Waals surface area (Å²) in [5, 5.41) is 11.7. The predicted octanol–water partition coefficient (Wildman–Crippen LogP) is 2.88. The maximum Gasteiger partial charge on any atom is 0.218 e. The fourth-order valence-electron chi connectivity index (χ4n) is 3.49. The molecular weight excluding hydrogens is 412 g/mol. The molecule has 3 heterocycles. The highest BCUT2D eigenvalue weighted by molar-refractivity contribution is 7.88.